The number of amides is 1. The predicted molar refractivity (Wildman–Crippen MR) is 79.6 cm³/mol. The van der Waals surface area contributed by atoms with Crippen molar-refractivity contribution in [2.45, 2.75) is 25.3 Å². The van der Waals surface area contributed by atoms with Crippen molar-refractivity contribution in [2.75, 3.05) is 33.9 Å². The first kappa shape index (κ1) is 15.0. The number of hydrogen-bond donors (Lipinski definition) is 1. The molecule has 0 fully saturated rings. The zero-order valence-electron chi connectivity index (χ0n) is 12.4. The minimum absolute atomic E-state index is 0.141. The van der Waals surface area contributed by atoms with Gasteiger partial charge in [0.2, 0.25) is 5.91 Å². The van der Waals surface area contributed by atoms with Gasteiger partial charge in [0.1, 0.15) is 0 Å². The number of nitrogens with zero attached hydrogens (tertiary/aromatic N) is 1. The van der Waals surface area contributed by atoms with E-state index in [9.17, 15) is 4.79 Å². The molecule has 1 aliphatic carbocycles. The summed E-state index contributed by atoms with van der Waals surface area (Å²) in [7, 11) is 3.57. The molecular formula is C16H24N2O2. The molecule has 0 aromatic heterocycles. The van der Waals surface area contributed by atoms with Crippen molar-refractivity contribution in [3.63, 3.8) is 0 Å². The third kappa shape index (κ3) is 3.58. The molecule has 4 nitrogen and oxygen atoms in total. The zero-order chi connectivity index (χ0) is 14.4. The molecule has 1 aromatic carbocycles. The van der Waals surface area contributed by atoms with Gasteiger partial charge in [0.05, 0.1) is 19.2 Å². The molecule has 1 aromatic rings. The van der Waals surface area contributed by atoms with Gasteiger partial charge in [-0.2, -0.15) is 0 Å². The van der Waals surface area contributed by atoms with Crippen molar-refractivity contribution in [2.24, 2.45) is 0 Å². The van der Waals surface area contributed by atoms with Crippen LogP contribution in [0.4, 0.5) is 0 Å². The average Bonchev–Trinajstić information content (AvgIpc) is 2.50. The molecule has 0 radical (unpaired) electrons. The van der Waals surface area contributed by atoms with Crippen LogP contribution in [0.5, 0.6) is 0 Å². The Bertz CT molecular complexity index is 448. The highest BCUT2D eigenvalue weighted by Crippen LogP contribution is 2.33. The maximum atomic E-state index is 12.2. The number of benzene rings is 1. The van der Waals surface area contributed by atoms with Crippen LogP contribution in [-0.2, 0) is 16.0 Å². The zero-order valence-corrected chi connectivity index (χ0v) is 12.4. The highest BCUT2D eigenvalue weighted by atomic mass is 16.5. The quantitative estimate of drug-likeness (QED) is 0.805. The number of fused-ring (bicyclic) bond motifs is 1. The Morgan fingerprint density at radius 1 is 1.45 bits per heavy atom. The minimum Gasteiger partial charge on any atom is -0.383 e. The molecule has 0 heterocycles. The Morgan fingerprint density at radius 2 is 2.25 bits per heavy atom. The van der Waals surface area contributed by atoms with Crippen LogP contribution >= 0.6 is 0 Å². The number of aryl methyl sites for hydroxylation is 1. The highest BCUT2D eigenvalue weighted by Gasteiger charge is 2.25. The lowest BCUT2D eigenvalue weighted by molar-refractivity contribution is -0.131. The van der Waals surface area contributed by atoms with Crippen LogP contribution in [0.2, 0.25) is 0 Å². The number of carbonyl (C=O) groups excluding carboxylic acids is 1. The van der Waals surface area contributed by atoms with Gasteiger partial charge in [0.25, 0.3) is 0 Å². The second-order valence-corrected chi connectivity index (χ2v) is 5.28. The summed E-state index contributed by atoms with van der Waals surface area (Å²) >= 11 is 0. The van der Waals surface area contributed by atoms with E-state index in [4.69, 9.17) is 4.74 Å². The third-order valence-corrected chi connectivity index (χ3v) is 3.96. The first-order chi connectivity index (χ1) is 9.74. The number of nitrogens with one attached hydrogen (secondary N) is 1. The Balaban J connectivity index is 1.96. The standard InChI is InChI=1S/C16H24N2O2/c1-18(16(19)12-17-10-11-20-2)15-9-5-7-13-6-3-4-8-14(13)15/h3-4,6,8,15,17H,5,7,9-12H2,1-2H3. The van der Waals surface area contributed by atoms with Crippen LogP contribution < -0.4 is 5.32 Å². The third-order valence-electron chi connectivity index (χ3n) is 3.96. The summed E-state index contributed by atoms with van der Waals surface area (Å²) in [6.45, 7) is 1.71. The van der Waals surface area contributed by atoms with Crippen LogP contribution in [0.25, 0.3) is 0 Å². The molecular weight excluding hydrogens is 252 g/mol. The van der Waals surface area contributed by atoms with E-state index in [2.05, 4.69) is 29.6 Å². The maximum Gasteiger partial charge on any atom is 0.236 e. The van der Waals surface area contributed by atoms with Crippen molar-refractivity contribution in [1.82, 2.24) is 10.2 Å². The lowest BCUT2D eigenvalue weighted by Crippen LogP contribution is -2.39. The molecule has 0 spiro atoms. The molecule has 0 saturated heterocycles. The molecule has 1 N–H and O–H groups in total. The van der Waals surface area contributed by atoms with Crippen LogP contribution in [0, 0.1) is 0 Å². The molecule has 2 rings (SSSR count). The molecule has 110 valence electrons. The lowest BCUT2D eigenvalue weighted by atomic mass is 9.87. The van der Waals surface area contributed by atoms with E-state index in [0.717, 1.165) is 19.3 Å². The summed E-state index contributed by atoms with van der Waals surface area (Å²) in [6, 6.07) is 8.69. The van der Waals surface area contributed by atoms with Crippen LogP contribution in [0.3, 0.4) is 0 Å². The van der Waals surface area contributed by atoms with Crippen molar-refractivity contribution in [3.8, 4) is 0 Å². The van der Waals surface area contributed by atoms with Crippen molar-refractivity contribution >= 4 is 5.91 Å². The van der Waals surface area contributed by atoms with Crippen LogP contribution in [-0.4, -0.2) is 44.7 Å². The van der Waals surface area contributed by atoms with Crippen molar-refractivity contribution < 1.29 is 9.53 Å². The molecule has 0 aliphatic heterocycles. The molecule has 1 atom stereocenters. The fraction of sp³-hybridized carbons (Fsp3) is 0.562. The van der Waals surface area contributed by atoms with Crippen molar-refractivity contribution in [3.05, 3.63) is 35.4 Å². The Labute approximate surface area is 121 Å². The maximum absolute atomic E-state index is 12.2. The Morgan fingerprint density at radius 3 is 3.05 bits per heavy atom. The average molecular weight is 276 g/mol. The summed E-state index contributed by atoms with van der Waals surface area (Å²) in [5.41, 5.74) is 2.70. The molecule has 0 saturated carbocycles. The molecule has 4 heteroatoms. The minimum atomic E-state index is 0.141. The second kappa shape index (κ2) is 7.41. The monoisotopic (exact) mass is 276 g/mol. The smallest absolute Gasteiger partial charge is 0.236 e. The molecule has 1 amide bonds. The van der Waals surface area contributed by atoms with E-state index in [0.29, 0.717) is 19.7 Å². The first-order valence-corrected chi connectivity index (χ1v) is 7.27. The fourth-order valence-corrected chi connectivity index (χ4v) is 2.80. The van der Waals surface area contributed by atoms with E-state index >= 15 is 0 Å². The van der Waals surface area contributed by atoms with Gasteiger partial charge in [-0.3, -0.25) is 4.79 Å². The van der Waals surface area contributed by atoms with Crippen LogP contribution in [0.1, 0.15) is 30.0 Å². The van der Waals surface area contributed by atoms with Crippen LogP contribution in [0.15, 0.2) is 24.3 Å². The van der Waals surface area contributed by atoms with E-state index in [-0.39, 0.29) is 11.9 Å². The van der Waals surface area contributed by atoms with Gasteiger partial charge in [-0.1, -0.05) is 24.3 Å². The van der Waals surface area contributed by atoms with Gasteiger partial charge in [0.15, 0.2) is 0 Å². The number of methoxy groups -OCH3 is 1. The van der Waals surface area contributed by atoms with Gasteiger partial charge >= 0.3 is 0 Å². The summed E-state index contributed by atoms with van der Waals surface area (Å²) < 4.78 is 4.96. The highest BCUT2D eigenvalue weighted by molar-refractivity contribution is 5.78. The number of hydrogen-bond acceptors (Lipinski definition) is 3. The molecule has 1 unspecified atom stereocenters. The van der Waals surface area contributed by atoms with E-state index in [1.807, 2.05) is 11.9 Å². The van der Waals surface area contributed by atoms with E-state index < -0.39 is 0 Å². The SMILES string of the molecule is COCCNCC(=O)N(C)C1CCCc2ccccc21. The molecule has 0 bridgehead atoms. The molecule has 20 heavy (non-hydrogen) atoms. The summed E-state index contributed by atoms with van der Waals surface area (Å²) in [6.07, 6.45) is 3.33. The normalized spacial score (nSPS) is 17.6. The topological polar surface area (TPSA) is 41.6 Å². The van der Waals surface area contributed by atoms with Crippen molar-refractivity contribution in [1.29, 1.82) is 0 Å². The number of carbonyl (C=O) groups is 1. The predicted octanol–water partition coefficient (Wildman–Crippen LogP) is 1.76. The van der Waals surface area contributed by atoms with Gasteiger partial charge < -0.3 is 15.0 Å². The van der Waals surface area contributed by atoms with Gasteiger partial charge in [-0.05, 0) is 30.4 Å². The van der Waals surface area contributed by atoms with Gasteiger partial charge in [0, 0.05) is 20.7 Å². The summed E-state index contributed by atoms with van der Waals surface area (Å²) in [5.74, 6) is 0.141. The first-order valence-electron chi connectivity index (χ1n) is 7.27. The largest absolute Gasteiger partial charge is 0.383 e. The Hall–Kier alpha value is -1.39. The fourth-order valence-electron chi connectivity index (χ4n) is 2.80. The molecule has 1 aliphatic rings. The second-order valence-electron chi connectivity index (χ2n) is 5.28. The number of likely N-dealkylation sites (N-methyl/N-ethyl adjacent to an activating group) is 1. The van der Waals surface area contributed by atoms with Gasteiger partial charge in [-0.25, -0.2) is 0 Å². The number of rotatable bonds is 6. The van der Waals surface area contributed by atoms with Gasteiger partial charge in [-0.15, -0.1) is 0 Å². The lowest BCUT2D eigenvalue weighted by Gasteiger charge is -2.33. The van der Waals surface area contributed by atoms with E-state index in [1.165, 1.54) is 11.1 Å². The number of ether oxygens (including phenoxy) is 1. The Kier molecular flexibility index (Phi) is 5.56. The van der Waals surface area contributed by atoms with E-state index in [1.54, 1.807) is 7.11 Å². The summed E-state index contributed by atoms with van der Waals surface area (Å²) in [4.78, 5) is 14.1. The summed E-state index contributed by atoms with van der Waals surface area (Å²) in [5, 5.41) is 3.11.